The van der Waals surface area contributed by atoms with Crippen LogP contribution in [0.2, 0.25) is 0 Å². The first kappa shape index (κ1) is 14.9. The zero-order valence-corrected chi connectivity index (χ0v) is 12.7. The van der Waals surface area contributed by atoms with Gasteiger partial charge in [-0.1, -0.05) is 22.0 Å². The zero-order chi connectivity index (χ0) is 13.8. The van der Waals surface area contributed by atoms with Gasteiger partial charge in [0.05, 0.1) is 0 Å². The lowest BCUT2D eigenvalue weighted by atomic mass is 10.0. The van der Waals surface area contributed by atoms with Gasteiger partial charge in [0.2, 0.25) is 0 Å². The SMILES string of the molecule is CN(C1CCOCC1)C(CN)c1ccc(F)cc1Br. The molecule has 0 spiro atoms. The zero-order valence-electron chi connectivity index (χ0n) is 11.1. The first-order chi connectivity index (χ1) is 9.13. The summed E-state index contributed by atoms with van der Waals surface area (Å²) in [6.45, 7) is 2.12. The molecule has 1 heterocycles. The quantitative estimate of drug-likeness (QED) is 0.922. The predicted molar refractivity (Wildman–Crippen MR) is 77.5 cm³/mol. The lowest BCUT2D eigenvalue weighted by Crippen LogP contribution is -2.41. The van der Waals surface area contributed by atoms with E-state index in [1.807, 2.05) is 6.07 Å². The van der Waals surface area contributed by atoms with Crippen molar-refractivity contribution in [3.8, 4) is 0 Å². The normalized spacial score (nSPS) is 18.8. The van der Waals surface area contributed by atoms with Gasteiger partial charge in [0.1, 0.15) is 5.82 Å². The summed E-state index contributed by atoms with van der Waals surface area (Å²) in [4.78, 5) is 2.29. The average molecular weight is 331 g/mol. The van der Waals surface area contributed by atoms with Crippen LogP contribution in [0.3, 0.4) is 0 Å². The van der Waals surface area contributed by atoms with Crippen LogP contribution in [-0.4, -0.2) is 37.7 Å². The lowest BCUT2D eigenvalue weighted by Gasteiger charge is -2.37. The minimum atomic E-state index is -0.236. The molecular weight excluding hydrogens is 311 g/mol. The molecule has 3 nitrogen and oxygen atoms in total. The molecule has 1 unspecified atom stereocenters. The molecule has 0 aliphatic carbocycles. The van der Waals surface area contributed by atoms with Crippen molar-refractivity contribution in [2.45, 2.75) is 24.9 Å². The smallest absolute Gasteiger partial charge is 0.124 e. The minimum Gasteiger partial charge on any atom is -0.381 e. The second kappa shape index (κ2) is 6.79. The van der Waals surface area contributed by atoms with E-state index in [4.69, 9.17) is 10.5 Å². The van der Waals surface area contributed by atoms with Crippen LogP contribution in [0.4, 0.5) is 4.39 Å². The molecule has 2 N–H and O–H groups in total. The summed E-state index contributed by atoms with van der Waals surface area (Å²) in [5, 5.41) is 0. The fourth-order valence-electron chi connectivity index (χ4n) is 2.63. The van der Waals surface area contributed by atoms with Gasteiger partial charge in [-0.3, -0.25) is 4.90 Å². The van der Waals surface area contributed by atoms with Crippen molar-refractivity contribution in [1.29, 1.82) is 0 Å². The van der Waals surface area contributed by atoms with E-state index >= 15 is 0 Å². The highest BCUT2D eigenvalue weighted by Crippen LogP contribution is 2.30. The Kier molecular flexibility index (Phi) is 5.33. The topological polar surface area (TPSA) is 38.5 Å². The number of benzene rings is 1. The van der Waals surface area contributed by atoms with E-state index in [1.54, 1.807) is 0 Å². The third-order valence-corrected chi connectivity index (χ3v) is 4.49. The number of nitrogens with zero attached hydrogens (tertiary/aromatic N) is 1. The summed E-state index contributed by atoms with van der Waals surface area (Å²) in [7, 11) is 2.09. The molecule has 0 radical (unpaired) electrons. The number of hydrogen-bond acceptors (Lipinski definition) is 3. The third-order valence-electron chi connectivity index (χ3n) is 3.80. The molecule has 2 rings (SSSR count). The summed E-state index contributed by atoms with van der Waals surface area (Å²) in [5.41, 5.74) is 6.97. The average Bonchev–Trinajstić information content (AvgIpc) is 2.42. The van der Waals surface area contributed by atoms with Crippen molar-refractivity contribution in [3.05, 3.63) is 34.1 Å². The second-order valence-corrected chi connectivity index (χ2v) is 5.78. The van der Waals surface area contributed by atoms with Gasteiger partial charge in [0, 0.05) is 36.3 Å². The maximum absolute atomic E-state index is 13.2. The second-order valence-electron chi connectivity index (χ2n) is 4.93. The summed E-state index contributed by atoms with van der Waals surface area (Å²) in [6, 6.07) is 5.36. The maximum Gasteiger partial charge on any atom is 0.124 e. The van der Waals surface area contributed by atoms with E-state index in [2.05, 4.69) is 27.9 Å². The highest BCUT2D eigenvalue weighted by atomic mass is 79.9. The van der Waals surface area contributed by atoms with Crippen molar-refractivity contribution in [2.75, 3.05) is 26.8 Å². The van der Waals surface area contributed by atoms with E-state index in [0.29, 0.717) is 12.6 Å². The minimum absolute atomic E-state index is 0.0954. The first-order valence-electron chi connectivity index (χ1n) is 6.58. The van der Waals surface area contributed by atoms with E-state index in [9.17, 15) is 4.39 Å². The highest BCUT2D eigenvalue weighted by molar-refractivity contribution is 9.10. The van der Waals surface area contributed by atoms with E-state index in [-0.39, 0.29) is 11.9 Å². The van der Waals surface area contributed by atoms with Crippen LogP contribution in [0.15, 0.2) is 22.7 Å². The Morgan fingerprint density at radius 2 is 2.16 bits per heavy atom. The van der Waals surface area contributed by atoms with Gasteiger partial charge in [-0.05, 0) is 37.6 Å². The van der Waals surface area contributed by atoms with Gasteiger partial charge in [-0.2, -0.15) is 0 Å². The van der Waals surface area contributed by atoms with Crippen LogP contribution in [0, 0.1) is 5.82 Å². The fourth-order valence-corrected chi connectivity index (χ4v) is 3.25. The van der Waals surface area contributed by atoms with Crippen LogP contribution in [-0.2, 0) is 4.74 Å². The first-order valence-corrected chi connectivity index (χ1v) is 7.37. The summed E-state index contributed by atoms with van der Waals surface area (Å²) >= 11 is 3.43. The standard InChI is InChI=1S/C14H20BrFN2O/c1-18(11-4-6-19-7-5-11)14(9-17)12-3-2-10(16)8-13(12)15/h2-3,8,11,14H,4-7,9,17H2,1H3. The van der Waals surface area contributed by atoms with E-state index in [0.717, 1.165) is 36.1 Å². The summed E-state index contributed by atoms with van der Waals surface area (Å²) in [5.74, 6) is -0.236. The molecule has 0 aromatic heterocycles. The van der Waals surface area contributed by atoms with Gasteiger partial charge in [-0.15, -0.1) is 0 Å². The van der Waals surface area contributed by atoms with Crippen LogP contribution in [0.1, 0.15) is 24.4 Å². The van der Waals surface area contributed by atoms with Gasteiger partial charge in [0.15, 0.2) is 0 Å². The monoisotopic (exact) mass is 330 g/mol. The number of rotatable bonds is 4. The Morgan fingerprint density at radius 3 is 2.74 bits per heavy atom. The van der Waals surface area contributed by atoms with Gasteiger partial charge in [-0.25, -0.2) is 4.39 Å². The number of ether oxygens (including phenoxy) is 1. The van der Waals surface area contributed by atoms with Crippen LogP contribution in [0.5, 0.6) is 0 Å². The maximum atomic E-state index is 13.2. The molecular formula is C14H20BrFN2O. The Hall–Kier alpha value is -0.490. The van der Waals surface area contributed by atoms with Crippen LogP contribution in [0.25, 0.3) is 0 Å². The predicted octanol–water partition coefficient (Wildman–Crippen LogP) is 2.70. The Morgan fingerprint density at radius 1 is 1.47 bits per heavy atom. The van der Waals surface area contributed by atoms with E-state index in [1.165, 1.54) is 12.1 Å². The van der Waals surface area contributed by atoms with E-state index < -0.39 is 0 Å². The van der Waals surface area contributed by atoms with Crippen molar-refractivity contribution in [1.82, 2.24) is 4.90 Å². The molecule has 5 heteroatoms. The third kappa shape index (κ3) is 3.54. The van der Waals surface area contributed by atoms with Crippen LogP contribution < -0.4 is 5.73 Å². The fraction of sp³-hybridized carbons (Fsp3) is 0.571. The van der Waals surface area contributed by atoms with Crippen molar-refractivity contribution < 1.29 is 9.13 Å². The molecule has 1 atom stereocenters. The largest absolute Gasteiger partial charge is 0.381 e. The Bertz CT molecular complexity index is 424. The number of nitrogens with two attached hydrogens (primary N) is 1. The number of hydrogen-bond donors (Lipinski definition) is 1. The molecule has 1 aromatic rings. The number of likely N-dealkylation sites (N-methyl/N-ethyl adjacent to an activating group) is 1. The van der Waals surface area contributed by atoms with Gasteiger partial charge in [0.25, 0.3) is 0 Å². The molecule has 0 saturated carbocycles. The van der Waals surface area contributed by atoms with Gasteiger partial charge < -0.3 is 10.5 Å². The molecule has 1 saturated heterocycles. The Labute approximate surface area is 122 Å². The van der Waals surface area contributed by atoms with Crippen molar-refractivity contribution in [2.24, 2.45) is 5.73 Å². The summed E-state index contributed by atoms with van der Waals surface area (Å²) in [6.07, 6.45) is 2.04. The molecule has 1 aliphatic heterocycles. The molecule has 106 valence electrons. The molecule has 1 aromatic carbocycles. The van der Waals surface area contributed by atoms with Gasteiger partial charge >= 0.3 is 0 Å². The number of halogens is 2. The molecule has 1 fully saturated rings. The Balaban J connectivity index is 2.18. The van der Waals surface area contributed by atoms with Crippen molar-refractivity contribution in [3.63, 3.8) is 0 Å². The highest BCUT2D eigenvalue weighted by Gasteiger charge is 2.26. The molecule has 1 aliphatic rings. The van der Waals surface area contributed by atoms with Crippen LogP contribution >= 0.6 is 15.9 Å². The molecule has 0 amide bonds. The molecule has 19 heavy (non-hydrogen) atoms. The lowest BCUT2D eigenvalue weighted by molar-refractivity contribution is 0.0293. The summed E-state index contributed by atoms with van der Waals surface area (Å²) < 4.78 is 19.4. The van der Waals surface area contributed by atoms with Crippen molar-refractivity contribution >= 4 is 15.9 Å². The molecule has 0 bridgehead atoms.